The van der Waals surface area contributed by atoms with Gasteiger partial charge in [-0.15, -0.1) is 0 Å². The van der Waals surface area contributed by atoms with Crippen molar-refractivity contribution >= 4 is 5.69 Å². The number of nitrogen functional groups attached to an aromatic ring is 1. The van der Waals surface area contributed by atoms with Gasteiger partial charge >= 0.3 is 0 Å². The predicted molar refractivity (Wildman–Crippen MR) is 59.2 cm³/mol. The smallest absolute Gasteiger partial charge is 0.273 e. The summed E-state index contributed by atoms with van der Waals surface area (Å²) in [7, 11) is 0. The lowest BCUT2D eigenvalue weighted by Crippen LogP contribution is -2.22. The predicted octanol–water partition coefficient (Wildman–Crippen LogP) is 1.87. The first-order valence-electron chi connectivity index (χ1n) is 5.06. The van der Waals surface area contributed by atoms with Crippen LogP contribution in [0.15, 0.2) is 23.1 Å². The van der Waals surface area contributed by atoms with Crippen molar-refractivity contribution in [2.75, 3.05) is 5.73 Å². The molecule has 0 aromatic carbocycles. The van der Waals surface area contributed by atoms with Gasteiger partial charge in [0.2, 0.25) is 0 Å². The Morgan fingerprint density at radius 3 is 2.86 bits per heavy atom. The van der Waals surface area contributed by atoms with E-state index >= 15 is 0 Å². The zero-order valence-corrected chi connectivity index (χ0v) is 8.86. The molecule has 0 radical (unpaired) electrons. The van der Waals surface area contributed by atoms with E-state index in [4.69, 9.17) is 5.73 Å². The van der Waals surface area contributed by atoms with Gasteiger partial charge in [-0.1, -0.05) is 13.8 Å². The summed E-state index contributed by atoms with van der Waals surface area (Å²) in [6.45, 7) is 5.13. The first-order chi connectivity index (χ1) is 6.61. The van der Waals surface area contributed by atoms with Gasteiger partial charge in [0.05, 0.1) is 5.69 Å². The number of aryl methyl sites for hydroxylation is 1. The first kappa shape index (κ1) is 10.8. The van der Waals surface area contributed by atoms with Gasteiger partial charge in [-0.3, -0.25) is 4.79 Å². The van der Waals surface area contributed by atoms with Crippen molar-refractivity contribution in [3.8, 4) is 0 Å². The molecule has 3 heteroatoms. The highest BCUT2D eigenvalue weighted by molar-refractivity contribution is 5.33. The average molecular weight is 194 g/mol. The largest absolute Gasteiger partial charge is 0.394 e. The standard InChI is InChI=1S/C11H18N2O/c1-9(2)5-3-7-13-8-4-6-10(12)11(13)14/h4,6,8-9H,3,5,7,12H2,1-2H3. The number of rotatable bonds is 4. The summed E-state index contributed by atoms with van der Waals surface area (Å²) in [5.74, 6) is 0.687. The third-order valence-corrected chi connectivity index (χ3v) is 2.23. The third kappa shape index (κ3) is 2.91. The van der Waals surface area contributed by atoms with E-state index in [0.717, 1.165) is 19.4 Å². The van der Waals surface area contributed by atoms with Crippen molar-refractivity contribution in [3.05, 3.63) is 28.7 Å². The molecule has 0 spiro atoms. The average Bonchev–Trinajstić information content (AvgIpc) is 2.12. The van der Waals surface area contributed by atoms with Crippen LogP contribution in [0.4, 0.5) is 5.69 Å². The molecule has 0 aliphatic rings. The number of nitrogens with zero attached hydrogens (tertiary/aromatic N) is 1. The summed E-state index contributed by atoms with van der Waals surface area (Å²) in [5.41, 5.74) is 5.78. The fraction of sp³-hybridized carbons (Fsp3) is 0.545. The summed E-state index contributed by atoms with van der Waals surface area (Å²) in [6.07, 6.45) is 3.96. The molecule has 0 fully saturated rings. The lowest BCUT2D eigenvalue weighted by molar-refractivity contribution is 0.506. The third-order valence-electron chi connectivity index (χ3n) is 2.23. The van der Waals surface area contributed by atoms with E-state index in [2.05, 4.69) is 13.8 Å². The number of aromatic nitrogens is 1. The molecule has 0 saturated carbocycles. The topological polar surface area (TPSA) is 48.0 Å². The van der Waals surface area contributed by atoms with E-state index in [1.54, 1.807) is 16.8 Å². The van der Waals surface area contributed by atoms with Crippen LogP contribution in [0.2, 0.25) is 0 Å². The van der Waals surface area contributed by atoms with Crippen molar-refractivity contribution in [2.45, 2.75) is 33.2 Å². The van der Waals surface area contributed by atoms with Gasteiger partial charge in [0, 0.05) is 12.7 Å². The van der Waals surface area contributed by atoms with E-state index in [0.29, 0.717) is 11.6 Å². The molecule has 0 bridgehead atoms. The van der Waals surface area contributed by atoms with Crippen LogP contribution in [0.3, 0.4) is 0 Å². The van der Waals surface area contributed by atoms with Gasteiger partial charge in [0.25, 0.3) is 5.56 Å². The zero-order chi connectivity index (χ0) is 10.6. The van der Waals surface area contributed by atoms with Gasteiger partial charge in [-0.25, -0.2) is 0 Å². The summed E-state index contributed by atoms with van der Waals surface area (Å²) in [5, 5.41) is 0. The van der Waals surface area contributed by atoms with Gasteiger partial charge in [0.15, 0.2) is 0 Å². The molecule has 0 aliphatic heterocycles. The van der Waals surface area contributed by atoms with Crippen LogP contribution in [0.25, 0.3) is 0 Å². The molecule has 2 N–H and O–H groups in total. The van der Waals surface area contributed by atoms with Gasteiger partial charge in [0.1, 0.15) is 0 Å². The van der Waals surface area contributed by atoms with E-state index in [1.165, 1.54) is 0 Å². The summed E-state index contributed by atoms with van der Waals surface area (Å²) in [6, 6.07) is 3.45. The molecular weight excluding hydrogens is 176 g/mol. The SMILES string of the molecule is CC(C)CCCn1cccc(N)c1=O. The van der Waals surface area contributed by atoms with Crippen molar-refractivity contribution in [3.63, 3.8) is 0 Å². The molecule has 1 rings (SSSR count). The summed E-state index contributed by atoms with van der Waals surface area (Å²) >= 11 is 0. The van der Waals surface area contributed by atoms with Gasteiger partial charge in [-0.2, -0.15) is 0 Å². The fourth-order valence-electron chi connectivity index (χ4n) is 1.40. The van der Waals surface area contributed by atoms with Crippen LogP contribution in [0.5, 0.6) is 0 Å². The van der Waals surface area contributed by atoms with Crippen LogP contribution < -0.4 is 11.3 Å². The minimum atomic E-state index is -0.0729. The quantitative estimate of drug-likeness (QED) is 0.795. The maximum absolute atomic E-state index is 11.5. The molecule has 0 unspecified atom stereocenters. The lowest BCUT2D eigenvalue weighted by Gasteiger charge is -2.07. The second-order valence-electron chi connectivity index (χ2n) is 4.00. The molecule has 78 valence electrons. The zero-order valence-electron chi connectivity index (χ0n) is 8.86. The van der Waals surface area contributed by atoms with Crippen molar-refractivity contribution in [1.82, 2.24) is 4.57 Å². The number of nitrogens with two attached hydrogens (primary N) is 1. The van der Waals surface area contributed by atoms with Crippen LogP contribution in [0, 0.1) is 5.92 Å². The molecule has 1 heterocycles. The lowest BCUT2D eigenvalue weighted by atomic mass is 10.1. The van der Waals surface area contributed by atoms with Crippen LogP contribution in [0.1, 0.15) is 26.7 Å². The Labute approximate surface area is 84.6 Å². The molecule has 0 saturated heterocycles. The molecule has 0 amide bonds. The Hall–Kier alpha value is -1.25. The van der Waals surface area contributed by atoms with Crippen LogP contribution >= 0.6 is 0 Å². The molecule has 0 aliphatic carbocycles. The number of pyridine rings is 1. The van der Waals surface area contributed by atoms with Gasteiger partial charge in [-0.05, 0) is 30.9 Å². The Bertz CT molecular complexity index is 341. The van der Waals surface area contributed by atoms with E-state index < -0.39 is 0 Å². The molecule has 1 aromatic rings. The first-order valence-corrected chi connectivity index (χ1v) is 5.06. The number of hydrogen-bond acceptors (Lipinski definition) is 2. The van der Waals surface area contributed by atoms with E-state index in [-0.39, 0.29) is 5.56 Å². The normalized spacial score (nSPS) is 10.8. The maximum atomic E-state index is 11.5. The van der Waals surface area contributed by atoms with E-state index in [9.17, 15) is 4.79 Å². The highest BCUT2D eigenvalue weighted by Gasteiger charge is 1.99. The van der Waals surface area contributed by atoms with Crippen molar-refractivity contribution < 1.29 is 0 Å². The van der Waals surface area contributed by atoms with E-state index in [1.807, 2.05) is 6.07 Å². The number of hydrogen-bond donors (Lipinski definition) is 1. The highest BCUT2D eigenvalue weighted by Crippen LogP contribution is 2.04. The van der Waals surface area contributed by atoms with Crippen LogP contribution in [-0.4, -0.2) is 4.57 Å². The highest BCUT2D eigenvalue weighted by atomic mass is 16.1. The molecule has 1 aromatic heterocycles. The molecule has 14 heavy (non-hydrogen) atoms. The molecular formula is C11H18N2O. The van der Waals surface area contributed by atoms with Crippen molar-refractivity contribution in [1.29, 1.82) is 0 Å². The monoisotopic (exact) mass is 194 g/mol. The minimum absolute atomic E-state index is 0.0729. The maximum Gasteiger partial charge on any atom is 0.273 e. The Morgan fingerprint density at radius 2 is 2.21 bits per heavy atom. The number of anilines is 1. The Kier molecular flexibility index (Phi) is 3.74. The van der Waals surface area contributed by atoms with Crippen molar-refractivity contribution in [2.24, 2.45) is 5.92 Å². The van der Waals surface area contributed by atoms with Gasteiger partial charge < -0.3 is 10.3 Å². The second-order valence-corrected chi connectivity index (χ2v) is 4.00. The summed E-state index contributed by atoms with van der Waals surface area (Å²) < 4.78 is 1.68. The summed E-state index contributed by atoms with van der Waals surface area (Å²) in [4.78, 5) is 11.5. The molecule has 0 atom stereocenters. The fourth-order valence-corrected chi connectivity index (χ4v) is 1.40. The minimum Gasteiger partial charge on any atom is -0.394 e. The Balaban J connectivity index is 2.59. The molecule has 3 nitrogen and oxygen atoms in total. The Morgan fingerprint density at radius 1 is 1.50 bits per heavy atom. The second kappa shape index (κ2) is 4.84. The van der Waals surface area contributed by atoms with Crippen LogP contribution in [-0.2, 0) is 6.54 Å².